The fourth-order valence-corrected chi connectivity index (χ4v) is 4.28. The number of nitro benzene ring substituents is 1. The van der Waals surface area contributed by atoms with Crippen molar-refractivity contribution in [3.8, 4) is 5.75 Å². The molecule has 1 N–H and O–H groups in total. The maximum Gasteiger partial charge on any atom is 0.342 e. The summed E-state index contributed by atoms with van der Waals surface area (Å²) in [6, 6.07) is 25.7. The van der Waals surface area contributed by atoms with E-state index in [1.54, 1.807) is 48.5 Å². The zero-order chi connectivity index (χ0) is 23.0. The van der Waals surface area contributed by atoms with Crippen LogP contribution in [0.25, 0.3) is 10.8 Å². The zero-order valence-electron chi connectivity index (χ0n) is 17.4. The number of carbonyl (C=O) groups excluding carboxylic acids is 2. The first-order valence-corrected chi connectivity index (χ1v) is 10.3. The van der Waals surface area contributed by atoms with Crippen molar-refractivity contribution < 1.29 is 19.2 Å². The van der Waals surface area contributed by atoms with Crippen molar-refractivity contribution >= 4 is 28.3 Å². The number of nitrogens with zero attached hydrogens (tertiary/aromatic N) is 1. The van der Waals surface area contributed by atoms with Gasteiger partial charge in [-0.3, -0.25) is 14.9 Å². The third kappa shape index (κ3) is 3.49. The average molecular weight is 438 g/mol. The summed E-state index contributed by atoms with van der Waals surface area (Å²) in [7, 11) is 0. The van der Waals surface area contributed by atoms with E-state index in [-0.39, 0.29) is 12.1 Å². The molecule has 1 heterocycles. The van der Waals surface area contributed by atoms with E-state index >= 15 is 0 Å². The molecule has 0 aliphatic carbocycles. The summed E-state index contributed by atoms with van der Waals surface area (Å²) in [4.78, 5) is 37.2. The minimum Gasteiger partial charge on any atom is -0.424 e. The number of carbonyl (C=O) groups is 2. The molecule has 1 unspecified atom stereocenters. The summed E-state index contributed by atoms with van der Waals surface area (Å²) >= 11 is 0. The molecule has 0 saturated heterocycles. The first kappa shape index (κ1) is 20.4. The number of hydrogen-bond donors (Lipinski definition) is 1. The minimum absolute atomic E-state index is 0.0547. The van der Waals surface area contributed by atoms with Gasteiger partial charge in [-0.1, -0.05) is 60.7 Å². The monoisotopic (exact) mass is 438 g/mol. The van der Waals surface area contributed by atoms with Gasteiger partial charge in [-0.15, -0.1) is 0 Å². The maximum atomic E-state index is 13.4. The second kappa shape index (κ2) is 7.87. The number of hydrogen-bond acceptors (Lipinski definition) is 5. The predicted octanol–water partition coefficient (Wildman–Crippen LogP) is 4.54. The van der Waals surface area contributed by atoms with Crippen molar-refractivity contribution in [1.29, 1.82) is 0 Å². The summed E-state index contributed by atoms with van der Waals surface area (Å²) in [5, 5.41) is 15.7. The predicted molar refractivity (Wildman–Crippen MR) is 122 cm³/mol. The fraction of sp³-hybridized carbons (Fsp3) is 0.0769. The molecule has 0 fully saturated rings. The van der Waals surface area contributed by atoms with Gasteiger partial charge in [0, 0.05) is 29.7 Å². The highest BCUT2D eigenvalue weighted by atomic mass is 16.6. The van der Waals surface area contributed by atoms with Crippen LogP contribution in [0.1, 0.15) is 21.5 Å². The first-order chi connectivity index (χ1) is 16.0. The van der Waals surface area contributed by atoms with Crippen LogP contribution in [0.4, 0.5) is 5.69 Å². The summed E-state index contributed by atoms with van der Waals surface area (Å²) in [6.07, 6.45) is 0.0728. The Hall–Kier alpha value is -4.52. The van der Waals surface area contributed by atoms with E-state index in [4.69, 9.17) is 4.74 Å². The van der Waals surface area contributed by atoms with Crippen LogP contribution in [0.2, 0.25) is 0 Å². The van der Waals surface area contributed by atoms with Crippen LogP contribution in [0, 0.1) is 10.1 Å². The van der Waals surface area contributed by atoms with Gasteiger partial charge in [0.05, 0.1) is 4.92 Å². The van der Waals surface area contributed by atoms with Gasteiger partial charge < -0.3 is 10.1 Å². The standard InChI is InChI=1S/C26H18N2O5/c29-24(19-7-2-1-3-8-19)27-26(16-17-10-13-20(14-11-17)28(31)32)23-21-9-5-4-6-18(21)12-15-22(23)33-25(26)30/h1-15H,16H2,(H,27,29). The Bertz CT molecular complexity index is 1400. The molecule has 0 saturated carbocycles. The number of ether oxygens (including phenoxy) is 1. The number of amides is 1. The highest BCUT2D eigenvalue weighted by molar-refractivity contribution is 6.05. The molecule has 7 nitrogen and oxygen atoms in total. The molecule has 4 aromatic rings. The quantitative estimate of drug-likeness (QED) is 0.214. The number of benzene rings is 4. The van der Waals surface area contributed by atoms with Gasteiger partial charge in [0.15, 0.2) is 5.54 Å². The van der Waals surface area contributed by atoms with Gasteiger partial charge in [-0.05, 0) is 34.5 Å². The lowest BCUT2D eigenvalue weighted by Crippen LogP contribution is -2.52. The molecule has 5 rings (SSSR count). The molecule has 1 amide bonds. The Morgan fingerprint density at radius 2 is 1.61 bits per heavy atom. The van der Waals surface area contributed by atoms with Crippen molar-refractivity contribution in [1.82, 2.24) is 5.32 Å². The molecule has 1 aliphatic heterocycles. The smallest absolute Gasteiger partial charge is 0.342 e. The molecule has 1 aliphatic rings. The normalized spacial score (nSPS) is 16.8. The molecule has 7 heteroatoms. The topological polar surface area (TPSA) is 98.5 Å². The summed E-state index contributed by atoms with van der Waals surface area (Å²) in [5.41, 5.74) is 0.0714. The fourth-order valence-electron chi connectivity index (χ4n) is 4.28. The Labute approximate surface area is 188 Å². The van der Waals surface area contributed by atoms with E-state index in [1.807, 2.05) is 30.3 Å². The number of nitro groups is 1. The second-order valence-corrected chi connectivity index (χ2v) is 7.88. The van der Waals surface area contributed by atoms with Crippen molar-refractivity contribution in [3.63, 3.8) is 0 Å². The lowest BCUT2D eigenvalue weighted by molar-refractivity contribution is -0.384. The Morgan fingerprint density at radius 3 is 2.33 bits per heavy atom. The van der Waals surface area contributed by atoms with E-state index < -0.39 is 22.3 Å². The van der Waals surface area contributed by atoms with Crippen molar-refractivity contribution in [2.45, 2.75) is 12.0 Å². The lowest BCUT2D eigenvalue weighted by atomic mass is 9.82. The van der Waals surface area contributed by atoms with Crippen LogP contribution >= 0.6 is 0 Å². The van der Waals surface area contributed by atoms with Gasteiger partial charge in [-0.25, -0.2) is 4.79 Å². The number of fused-ring (bicyclic) bond motifs is 3. The summed E-state index contributed by atoms with van der Waals surface area (Å²) in [6.45, 7) is 0. The molecule has 33 heavy (non-hydrogen) atoms. The van der Waals surface area contributed by atoms with E-state index in [9.17, 15) is 19.7 Å². The molecule has 0 spiro atoms. The van der Waals surface area contributed by atoms with Crippen LogP contribution in [0.3, 0.4) is 0 Å². The number of esters is 1. The molecule has 0 bridgehead atoms. The van der Waals surface area contributed by atoms with E-state index in [1.165, 1.54) is 12.1 Å². The molecule has 162 valence electrons. The molecule has 1 atom stereocenters. The number of nitrogens with one attached hydrogen (secondary N) is 1. The third-order valence-electron chi connectivity index (χ3n) is 5.85. The van der Waals surface area contributed by atoms with Crippen LogP contribution in [0.5, 0.6) is 5.75 Å². The van der Waals surface area contributed by atoms with Crippen molar-refractivity contribution in [2.75, 3.05) is 0 Å². The molecule has 4 aromatic carbocycles. The van der Waals surface area contributed by atoms with Gasteiger partial charge in [-0.2, -0.15) is 0 Å². The van der Waals surface area contributed by atoms with Crippen LogP contribution in [-0.2, 0) is 16.8 Å². The number of non-ortho nitro benzene ring substituents is 1. The van der Waals surface area contributed by atoms with Crippen LogP contribution in [-0.4, -0.2) is 16.8 Å². The summed E-state index contributed by atoms with van der Waals surface area (Å²) < 4.78 is 5.64. The van der Waals surface area contributed by atoms with Gasteiger partial charge in [0.2, 0.25) is 0 Å². The third-order valence-corrected chi connectivity index (χ3v) is 5.85. The maximum absolute atomic E-state index is 13.4. The minimum atomic E-state index is -1.50. The highest BCUT2D eigenvalue weighted by Crippen LogP contribution is 2.45. The largest absolute Gasteiger partial charge is 0.424 e. The van der Waals surface area contributed by atoms with Crippen molar-refractivity contribution in [3.05, 3.63) is 118 Å². The SMILES string of the molecule is O=C(NC1(Cc2ccc([N+](=O)[O-])cc2)C(=O)Oc2ccc3ccccc3c21)c1ccccc1. The van der Waals surface area contributed by atoms with Crippen LogP contribution in [0.15, 0.2) is 91.0 Å². The molecular formula is C26H18N2O5. The number of rotatable bonds is 5. The lowest BCUT2D eigenvalue weighted by Gasteiger charge is -2.28. The molecule has 0 aromatic heterocycles. The first-order valence-electron chi connectivity index (χ1n) is 10.3. The Morgan fingerprint density at radius 1 is 0.909 bits per heavy atom. The van der Waals surface area contributed by atoms with E-state index in [2.05, 4.69) is 5.32 Å². The van der Waals surface area contributed by atoms with E-state index in [0.29, 0.717) is 22.4 Å². The van der Waals surface area contributed by atoms with Gasteiger partial charge in [0.25, 0.3) is 11.6 Å². The zero-order valence-corrected chi connectivity index (χ0v) is 17.4. The average Bonchev–Trinajstić information content (AvgIpc) is 3.11. The van der Waals surface area contributed by atoms with Crippen molar-refractivity contribution in [2.24, 2.45) is 0 Å². The van der Waals surface area contributed by atoms with Crippen LogP contribution < -0.4 is 10.1 Å². The van der Waals surface area contributed by atoms with Gasteiger partial charge in [0.1, 0.15) is 5.75 Å². The van der Waals surface area contributed by atoms with E-state index in [0.717, 1.165) is 10.8 Å². The Balaban J connectivity index is 1.67. The molecule has 0 radical (unpaired) electrons. The molecular weight excluding hydrogens is 420 g/mol. The Kier molecular flexibility index (Phi) is 4.86. The van der Waals surface area contributed by atoms with Gasteiger partial charge >= 0.3 is 5.97 Å². The second-order valence-electron chi connectivity index (χ2n) is 7.88. The summed E-state index contributed by atoms with van der Waals surface area (Å²) in [5.74, 6) is -0.638. The highest BCUT2D eigenvalue weighted by Gasteiger charge is 2.51.